The van der Waals surface area contributed by atoms with Gasteiger partial charge in [-0.3, -0.25) is 4.99 Å². The number of aromatic hydroxyl groups is 1. The minimum absolute atomic E-state index is 0.0975. The number of benzene rings is 2. The van der Waals surface area contributed by atoms with E-state index in [0.29, 0.717) is 5.56 Å². The molecule has 0 bridgehead atoms. The van der Waals surface area contributed by atoms with Crippen molar-refractivity contribution in [1.29, 1.82) is 0 Å². The molecule has 0 heterocycles. The monoisotopic (exact) mass is 338 g/mol. The topological polar surface area (TPSA) is 87.0 Å². The number of aliphatic carboxylic acids is 1. The van der Waals surface area contributed by atoms with Gasteiger partial charge in [0.1, 0.15) is 11.8 Å². The molecule has 0 aromatic heterocycles. The summed E-state index contributed by atoms with van der Waals surface area (Å²) in [6.07, 6.45) is 1.45. The van der Waals surface area contributed by atoms with Crippen LogP contribution in [0, 0.1) is 5.92 Å². The van der Waals surface area contributed by atoms with Gasteiger partial charge in [-0.05, 0) is 22.8 Å². The van der Waals surface area contributed by atoms with Gasteiger partial charge >= 0.3 is 27.0 Å². The fraction of sp³-hybridized carbons (Fsp3) is 0.250. The molecule has 0 aliphatic carbocycles. The number of fused-ring (bicyclic) bond motifs is 1. The van der Waals surface area contributed by atoms with Crippen molar-refractivity contribution in [3.63, 3.8) is 0 Å². The molecule has 0 aliphatic rings. The normalized spacial score (nSPS) is 12.1. The third-order valence-electron chi connectivity index (χ3n) is 3.20. The Kier molecular flexibility index (Phi) is 6.95. The summed E-state index contributed by atoms with van der Waals surface area (Å²) in [5.74, 6) is -0.975. The van der Waals surface area contributed by atoms with Crippen LogP contribution >= 0.6 is 0 Å². The molecular weight excluding hydrogens is 321 g/mol. The van der Waals surface area contributed by atoms with Crippen molar-refractivity contribution in [1.82, 2.24) is 0 Å². The number of carboxylic acids is 1. The summed E-state index contributed by atoms with van der Waals surface area (Å²) in [6, 6.07) is 10.2. The molecule has 0 spiro atoms. The molecule has 2 aromatic rings. The molecule has 1 atom stereocenters. The summed E-state index contributed by atoms with van der Waals surface area (Å²) in [5.41, 5.74) is 0.551. The number of nitrogens with zero attached hydrogens (tertiary/aromatic N) is 1. The first-order valence-corrected chi connectivity index (χ1v) is 7.22. The molecule has 0 radical (unpaired) electrons. The number of hydrogen-bond donors (Lipinski definition) is 2. The molecule has 2 rings (SSSR count). The predicted octanol–water partition coefficient (Wildman–Crippen LogP) is 2.95. The second-order valence-corrected chi connectivity index (χ2v) is 5.02. The number of carboxylic acid groups (broad SMARTS) is 1. The maximum atomic E-state index is 11.1. The van der Waals surface area contributed by atoms with Crippen LogP contribution in [0.3, 0.4) is 0 Å². The second kappa shape index (κ2) is 8.46. The summed E-state index contributed by atoms with van der Waals surface area (Å²) >= 11 is 1.06. The second-order valence-electron chi connectivity index (χ2n) is 5.02. The van der Waals surface area contributed by atoms with Gasteiger partial charge in [0, 0.05) is 11.8 Å². The van der Waals surface area contributed by atoms with E-state index in [2.05, 4.69) is 4.99 Å². The van der Waals surface area contributed by atoms with E-state index in [0.717, 1.165) is 28.1 Å². The first-order valence-electron chi connectivity index (χ1n) is 6.65. The van der Waals surface area contributed by atoms with Crippen LogP contribution in [-0.4, -0.2) is 28.4 Å². The van der Waals surface area contributed by atoms with Gasteiger partial charge in [0.2, 0.25) is 0 Å². The van der Waals surface area contributed by atoms with Gasteiger partial charge in [-0.15, -0.1) is 0 Å². The van der Waals surface area contributed by atoms with Crippen LogP contribution in [0.1, 0.15) is 19.4 Å². The van der Waals surface area contributed by atoms with Gasteiger partial charge in [-0.25, -0.2) is 4.79 Å². The Bertz CT molecular complexity index is 685. The summed E-state index contributed by atoms with van der Waals surface area (Å²) in [4.78, 5) is 15.3. The third kappa shape index (κ3) is 4.26. The van der Waals surface area contributed by atoms with Crippen molar-refractivity contribution in [2.45, 2.75) is 19.9 Å². The van der Waals surface area contributed by atoms with Gasteiger partial charge in [0.15, 0.2) is 0 Å². The van der Waals surface area contributed by atoms with Crippen LogP contribution in [0.5, 0.6) is 5.75 Å². The summed E-state index contributed by atoms with van der Waals surface area (Å²) in [6.45, 7) is 3.61. The van der Waals surface area contributed by atoms with E-state index in [9.17, 15) is 9.90 Å². The van der Waals surface area contributed by atoms with Gasteiger partial charge in [-0.1, -0.05) is 44.2 Å². The third-order valence-corrected chi connectivity index (χ3v) is 3.20. The number of phenols is 1. The average molecular weight is 338 g/mol. The van der Waals surface area contributed by atoms with E-state index < -0.39 is 12.0 Å². The Balaban J connectivity index is 0.00000116. The zero-order valence-corrected chi connectivity index (χ0v) is 13.7. The molecule has 5 nitrogen and oxygen atoms in total. The van der Waals surface area contributed by atoms with Crippen molar-refractivity contribution in [2.75, 3.05) is 0 Å². The molecule has 0 saturated heterocycles. The summed E-state index contributed by atoms with van der Waals surface area (Å²) in [7, 11) is 0. The molecule has 0 amide bonds. The molecule has 6 heteroatoms. The van der Waals surface area contributed by atoms with Gasteiger partial charge in [0.25, 0.3) is 0 Å². The molecule has 2 aromatic carbocycles. The minimum atomic E-state index is -0.962. The Labute approximate surface area is 137 Å². The number of aliphatic imine (C=N–C) groups is 1. The van der Waals surface area contributed by atoms with Gasteiger partial charge < -0.3 is 10.2 Å². The number of phenolic OH excluding ortho intramolecular Hbond substituents is 1. The van der Waals surface area contributed by atoms with Crippen molar-refractivity contribution in [3.05, 3.63) is 42.0 Å². The number of carbonyl (C=O) groups is 1. The van der Waals surface area contributed by atoms with E-state index in [1.165, 1.54) is 6.21 Å². The van der Waals surface area contributed by atoms with Crippen LogP contribution in [-0.2, 0) is 25.8 Å². The van der Waals surface area contributed by atoms with Crippen molar-refractivity contribution in [3.8, 4) is 5.75 Å². The molecular formula is C16H17NO4V. The van der Waals surface area contributed by atoms with Gasteiger partial charge in [0.05, 0.1) is 0 Å². The van der Waals surface area contributed by atoms with E-state index >= 15 is 0 Å². The molecule has 0 fully saturated rings. The standard InChI is InChI=1S/C16H17NO3.O.V/c1-10(2)15(16(19)20)17-9-13-12-6-4-3-5-11(12)7-8-14(13)18;;/h3-10,15,18H,1-2H3,(H,19,20);;/t15-;;/m0../s1. The van der Waals surface area contributed by atoms with Crippen LogP contribution < -0.4 is 0 Å². The van der Waals surface area contributed by atoms with E-state index in [1.807, 2.05) is 30.3 Å². The van der Waals surface area contributed by atoms with E-state index in [4.69, 9.17) is 8.78 Å². The molecule has 0 saturated carbocycles. The molecule has 2 N–H and O–H groups in total. The van der Waals surface area contributed by atoms with Gasteiger partial charge in [-0.2, -0.15) is 0 Å². The quantitative estimate of drug-likeness (QED) is 0.839. The summed E-state index contributed by atoms with van der Waals surface area (Å²) < 4.78 is 8.19. The molecule has 22 heavy (non-hydrogen) atoms. The Morgan fingerprint density at radius 1 is 1.18 bits per heavy atom. The fourth-order valence-electron chi connectivity index (χ4n) is 2.10. The summed E-state index contributed by atoms with van der Waals surface area (Å²) in [5, 5.41) is 20.9. The zero-order valence-electron chi connectivity index (χ0n) is 12.3. The number of hydrogen-bond acceptors (Lipinski definition) is 4. The SMILES string of the molecule is CC(C)[C@H](N=Cc1c(O)ccc2ccccc12)C(=O)O.[O]=[V]. The average Bonchev–Trinajstić information content (AvgIpc) is 2.51. The first-order chi connectivity index (χ1) is 10.5. The maximum absolute atomic E-state index is 11.1. The zero-order chi connectivity index (χ0) is 16.7. The van der Waals surface area contributed by atoms with Crippen LogP contribution in [0.25, 0.3) is 10.8 Å². The Hall–Kier alpha value is -1.98. The van der Waals surface area contributed by atoms with Crippen molar-refractivity contribution < 1.29 is 36.1 Å². The molecule has 0 unspecified atom stereocenters. The van der Waals surface area contributed by atoms with E-state index in [-0.39, 0.29) is 11.7 Å². The predicted molar refractivity (Wildman–Crippen MR) is 80.2 cm³/mol. The van der Waals surface area contributed by atoms with Crippen molar-refractivity contribution >= 4 is 23.0 Å². The fourth-order valence-corrected chi connectivity index (χ4v) is 2.10. The Morgan fingerprint density at radius 3 is 2.41 bits per heavy atom. The van der Waals surface area contributed by atoms with Crippen molar-refractivity contribution in [2.24, 2.45) is 10.9 Å². The van der Waals surface area contributed by atoms with Crippen LogP contribution in [0.2, 0.25) is 0 Å². The molecule has 0 aliphatic heterocycles. The molecule has 115 valence electrons. The van der Waals surface area contributed by atoms with E-state index in [1.54, 1.807) is 19.9 Å². The number of rotatable bonds is 4. The Morgan fingerprint density at radius 2 is 1.82 bits per heavy atom. The van der Waals surface area contributed by atoms with Crippen LogP contribution in [0.15, 0.2) is 41.4 Å². The first kappa shape index (κ1) is 18.1. The van der Waals surface area contributed by atoms with Crippen LogP contribution in [0.4, 0.5) is 0 Å².